The Labute approximate surface area is 142 Å². The van der Waals surface area contributed by atoms with Crippen LogP contribution in [0.3, 0.4) is 0 Å². The van der Waals surface area contributed by atoms with E-state index in [1.165, 1.54) is 6.08 Å². The lowest BCUT2D eigenvalue weighted by Crippen LogP contribution is -2.08. The summed E-state index contributed by atoms with van der Waals surface area (Å²) in [6, 6.07) is 12.2. The van der Waals surface area contributed by atoms with Gasteiger partial charge in [0.15, 0.2) is 0 Å². The molecule has 0 fully saturated rings. The summed E-state index contributed by atoms with van der Waals surface area (Å²) in [5.41, 5.74) is 2.39. The summed E-state index contributed by atoms with van der Waals surface area (Å²) in [4.78, 5) is 12.4. The molecule has 0 aliphatic carbocycles. The van der Waals surface area contributed by atoms with Gasteiger partial charge in [-0.25, -0.2) is 0 Å². The maximum atomic E-state index is 12.5. The number of benzene rings is 2. The molecule has 1 heterocycles. The van der Waals surface area contributed by atoms with Crippen molar-refractivity contribution in [2.24, 2.45) is 0 Å². The molecule has 0 unspecified atom stereocenters. The van der Waals surface area contributed by atoms with Crippen LogP contribution in [0.1, 0.15) is 11.1 Å². The van der Waals surface area contributed by atoms with Crippen molar-refractivity contribution < 1.29 is 18.3 Å². The van der Waals surface area contributed by atoms with Crippen LogP contribution in [0.5, 0.6) is 5.75 Å². The van der Waals surface area contributed by atoms with Crippen molar-refractivity contribution in [3.8, 4) is 5.75 Å². The lowest BCUT2D eigenvalue weighted by atomic mass is 10.1. The van der Waals surface area contributed by atoms with Gasteiger partial charge < -0.3 is 10.1 Å². The van der Waals surface area contributed by atoms with E-state index < -0.39 is 5.76 Å². The number of nitrogens with one attached hydrogen (secondary N) is 1. The molecule has 0 bridgehead atoms. The predicted octanol–water partition coefficient (Wildman–Crippen LogP) is 4.59. The van der Waals surface area contributed by atoms with Gasteiger partial charge in [-0.1, -0.05) is 30.0 Å². The van der Waals surface area contributed by atoms with E-state index in [9.17, 15) is 13.6 Å². The Morgan fingerprint density at radius 2 is 2.08 bits per heavy atom. The number of halogens is 2. The summed E-state index contributed by atoms with van der Waals surface area (Å²) in [5.74, 6) is -2.02. The van der Waals surface area contributed by atoms with Crippen molar-refractivity contribution in [1.29, 1.82) is 0 Å². The maximum absolute atomic E-state index is 12.5. The van der Waals surface area contributed by atoms with Gasteiger partial charge in [-0.2, -0.15) is 8.78 Å². The van der Waals surface area contributed by atoms with Crippen LogP contribution in [0.25, 0.3) is 6.08 Å². The molecule has 2 aromatic rings. The van der Waals surface area contributed by atoms with Gasteiger partial charge in [-0.3, -0.25) is 4.79 Å². The number of alkyl halides is 2. The quantitative estimate of drug-likeness (QED) is 0.635. The van der Waals surface area contributed by atoms with Crippen LogP contribution in [0.2, 0.25) is 0 Å². The predicted molar refractivity (Wildman–Crippen MR) is 91.6 cm³/mol. The average Bonchev–Trinajstić information content (AvgIpc) is 3.02. The Morgan fingerprint density at radius 1 is 1.25 bits per heavy atom. The van der Waals surface area contributed by atoms with Crippen molar-refractivity contribution in [3.05, 3.63) is 59.7 Å². The van der Waals surface area contributed by atoms with Crippen molar-refractivity contribution in [2.75, 3.05) is 11.9 Å². The zero-order chi connectivity index (χ0) is 16.9. The Hall–Kier alpha value is -2.34. The molecule has 2 aromatic carbocycles. The van der Waals surface area contributed by atoms with Gasteiger partial charge in [0.1, 0.15) is 5.75 Å². The molecule has 3 rings (SSSR count). The van der Waals surface area contributed by atoms with E-state index in [0.717, 1.165) is 23.3 Å². The smallest absolute Gasteiger partial charge is 0.288 e. The molecule has 3 nitrogen and oxygen atoms in total. The highest BCUT2D eigenvalue weighted by Crippen LogP contribution is 2.31. The van der Waals surface area contributed by atoms with E-state index in [0.29, 0.717) is 29.0 Å². The largest absolute Gasteiger partial charge is 0.493 e. The summed E-state index contributed by atoms with van der Waals surface area (Å²) in [6.45, 7) is 0.682. The zero-order valence-electron chi connectivity index (χ0n) is 12.7. The number of carbonyl (C=O) groups excluding carboxylic acids is 1. The number of anilines is 1. The Morgan fingerprint density at radius 3 is 2.92 bits per heavy atom. The Balaban J connectivity index is 1.67. The molecule has 0 atom stereocenters. The van der Waals surface area contributed by atoms with Crippen LogP contribution in [0, 0.1) is 0 Å². The standard InChI is InChI=1S/C18H15F2NO2S/c19-18(20)24-16-4-2-1-3-14(16)21-17(22)8-6-12-5-7-15-13(11-12)9-10-23-15/h1-8,11,18H,9-10H2,(H,21,22). The summed E-state index contributed by atoms with van der Waals surface area (Å²) >= 11 is 0.409. The fourth-order valence-electron chi connectivity index (χ4n) is 2.43. The first kappa shape index (κ1) is 16.5. The fourth-order valence-corrected chi connectivity index (χ4v) is 3.02. The normalized spacial score (nSPS) is 13.1. The molecule has 0 saturated carbocycles. The first-order valence-electron chi connectivity index (χ1n) is 7.40. The van der Waals surface area contributed by atoms with Crippen LogP contribution in [0.4, 0.5) is 14.5 Å². The van der Waals surface area contributed by atoms with Crippen molar-refractivity contribution in [2.45, 2.75) is 17.1 Å². The van der Waals surface area contributed by atoms with E-state index in [-0.39, 0.29) is 5.91 Å². The fraction of sp³-hybridized carbons (Fsp3) is 0.167. The third-order valence-electron chi connectivity index (χ3n) is 3.50. The van der Waals surface area contributed by atoms with Gasteiger partial charge in [-0.15, -0.1) is 0 Å². The number of ether oxygens (including phenoxy) is 1. The van der Waals surface area contributed by atoms with Crippen LogP contribution in [-0.4, -0.2) is 18.3 Å². The molecule has 1 N–H and O–H groups in total. The first-order valence-corrected chi connectivity index (χ1v) is 8.28. The molecular weight excluding hydrogens is 332 g/mol. The number of rotatable bonds is 5. The Kier molecular flexibility index (Phi) is 5.15. The van der Waals surface area contributed by atoms with Gasteiger partial charge in [0.2, 0.25) is 5.91 Å². The van der Waals surface area contributed by atoms with Crippen LogP contribution >= 0.6 is 11.8 Å². The number of hydrogen-bond donors (Lipinski definition) is 1. The third kappa shape index (κ3) is 4.14. The number of hydrogen-bond acceptors (Lipinski definition) is 3. The minimum absolute atomic E-state index is 0.337. The molecule has 1 aliphatic rings. The summed E-state index contributed by atoms with van der Waals surface area (Å²) in [7, 11) is 0. The SMILES string of the molecule is O=C(C=Cc1ccc2c(c1)CCO2)Nc1ccccc1SC(F)F. The van der Waals surface area contributed by atoms with Crippen LogP contribution < -0.4 is 10.1 Å². The zero-order valence-corrected chi connectivity index (χ0v) is 13.5. The minimum Gasteiger partial charge on any atom is -0.493 e. The summed E-state index contributed by atoms with van der Waals surface area (Å²) < 4.78 is 30.5. The number of carbonyl (C=O) groups is 1. The minimum atomic E-state index is -2.53. The molecule has 0 spiro atoms. The van der Waals surface area contributed by atoms with E-state index in [1.807, 2.05) is 18.2 Å². The molecule has 0 radical (unpaired) electrons. The lowest BCUT2D eigenvalue weighted by Gasteiger charge is -2.08. The van der Waals surface area contributed by atoms with Crippen LogP contribution in [0.15, 0.2) is 53.4 Å². The van der Waals surface area contributed by atoms with Crippen molar-refractivity contribution >= 4 is 29.4 Å². The number of fused-ring (bicyclic) bond motifs is 1. The highest BCUT2D eigenvalue weighted by Gasteiger charge is 2.12. The highest BCUT2D eigenvalue weighted by molar-refractivity contribution is 7.99. The third-order valence-corrected chi connectivity index (χ3v) is 4.29. The molecule has 1 aliphatic heterocycles. The van der Waals surface area contributed by atoms with Gasteiger partial charge in [0.05, 0.1) is 12.3 Å². The van der Waals surface area contributed by atoms with Gasteiger partial charge >= 0.3 is 0 Å². The van der Waals surface area contributed by atoms with E-state index in [1.54, 1.807) is 30.3 Å². The van der Waals surface area contributed by atoms with Crippen molar-refractivity contribution in [1.82, 2.24) is 0 Å². The Bertz CT molecular complexity index is 777. The highest BCUT2D eigenvalue weighted by atomic mass is 32.2. The topological polar surface area (TPSA) is 38.3 Å². The van der Waals surface area contributed by atoms with E-state index >= 15 is 0 Å². The molecule has 0 saturated heterocycles. The molecule has 1 amide bonds. The molecule has 6 heteroatoms. The number of thioether (sulfide) groups is 1. The molecule has 0 aromatic heterocycles. The number of amides is 1. The lowest BCUT2D eigenvalue weighted by molar-refractivity contribution is -0.111. The average molecular weight is 347 g/mol. The first-order chi connectivity index (χ1) is 11.6. The maximum Gasteiger partial charge on any atom is 0.288 e. The summed E-state index contributed by atoms with van der Waals surface area (Å²) in [5, 5.41) is 2.63. The second kappa shape index (κ2) is 7.49. The van der Waals surface area contributed by atoms with Gasteiger partial charge in [0.25, 0.3) is 5.76 Å². The van der Waals surface area contributed by atoms with Gasteiger partial charge in [-0.05, 0) is 41.5 Å². The molecule has 24 heavy (non-hydrogen) atoms. The second-order valence-electron chi connectivity index (χ2n) is 5.16. The van der Waals surface area contributed by atoms with Crippen LogP contribution in [-0.2, 0) is 11.2 Å². The number of para-hydroxylation sites is 1. The van der Waals surface area contributed by atoms with E-state index in [2.05, 4.69) is 5.32 Å². The summed E-state index contributed by atoms with van der Waals surface area (Å²) in [6.07, 6.45) is 3.94. The van der Waals surface area contributed by atoms with Crippen molar-refractivity contribution in [3.63, 3.8) is 0 Å². The molecule has 124 valence electrons. The molecular formula is C18H15F2NO2S. The second-order valence-corrected chi connectivity index (χ2v) is 6.19. The van der Waals surface area contributed by atoms with Gasteiger partial charge in [0, 0.05) is 17.4 Å². The monoisotopic (exact) mass is 347 g/mol. The van der Waals surface area contributed by atoms with E-state index in [4.69, 9.17) is 4.74 Å².